The predicted molar refractivity (Wildman–Crippen MR) is 80.6 cm³/mol. The summed E-state index contributed by atoms with van der Waals surface area (Å²) in [4.78, 5) is 1.11. The number of hydrogen-bond acceptors (Lipinski definition) is 4. The Hall–Kier alpha value is -0.920. The summed E-state index contributed by atoms with van der Waals surface area (Å²) in [7, 11) is -3.67. The second kappa shape index (κ2) is 6.69. The molecule has 1 heterocycles. The molecule has 1 aromatic carbocycles. The standard InChI is InChI=1S/C13H14ClNO3S2/c14-12-4-3-10(9-16)8-13(12)20(17,18)15-6-5-11-2-1-7-19-11/h1-4,7-8,15-16H,5-6,9H2. The minimum absolute atomic E-state index is 0.00287. The molecule has 0 atom stereocenters. The van der Waals surface area contributed by atoms with Gasteiger partial charge in [0.1, 0.15) is 4.90 Å². The first-order valence-electron chi connectivity index (χ1n) is 5.94. The first-order chi connectivity index (χ1) is 9.53. The fourth-order valence-corrected chi connectivity index (χ4v) is 3.98. The number of hydrogen-bond donors (Lipinski definition) is 2. The van der Waals surface area contributed by atoms with Gasteiger partial charge in [-0.2, -0.15) is 0 Å². The molecular weight excluding hydrogens is 318 g/mol. The lowest BCUT2D eigenvalue weighted by Crippen LogP contribution is -2.26. The lowest BCUT2D eigenvalue weighted by Gasteiger charge is -2.09. The zero-order valence-corrected chi connectivity index (χ0v) is 12.9. The molecule has 1 aromatic heterocycles. The van der Waals surface area contributed by atoms with Crippen molar-refractivity contribution >= 4 is 33.0 Å². The van der Waals surface area contributed by atoms with Crippen LogP contribution in [0.3, 0.4) is 0 Å². The summed E-state index contributed by atoms with van der Waals surface area (Å²) in [5.41, 5.74) is 0.507. The molecule has 2 aromatic rings. The summed E-state index contributed by atoms with van der Waals surface area (Å²) >= 11 is 7.50. The number of thiophene rings is 1. The van der Waals surface area contributed by atoms with E-state index in [1.165, 1.54) is 12.1 Å². The topological polar surface area (TPSA) is 66.4 Å². The second-order valence-corrected chi connectivity index (χ2v) is 7.32. The number of benzene rings is 1. The van der Waals surface area contributed by atoms with E-state index >= 15 is 0 Å². The zero-order chi connectivity index (χ0) is 14.6. The highest BCUT2D eigenvalue weighted by Crippen LogP contribution is 2.22. The van der Waals surface area contributed by atoms with E-state index in [1.54, 1.807) is 17.4 Å². The SMILES string of the molecule is O=S(=O)(NCCc1cccs1)c1cc(CO)ccc1Cl. The third-order valence-corrected chi connectivity index (χ3v) is 5.59. The number of nitrogens with one attached hydrogen (secondary N) is 1. The van der Waals surface area contributed by atoms with Crippen molar-refractivity contribution in [2.75, 3.05) is 6.54 Å². The van der Waals surface area contributed by atoms with Crippen LogP contribution >= 0.6 is 22.9 Å². The Labute approximate surface area is 127 Å². The van der Waals surface area contributed by atoms with E-state index in [-0.39, 0.29) is 16.5 Å². The highest BCUT2D eigenvalue weighted by atomic mass is 35.5. The van der Waals surface area contributed by atoms with Gasteiger partial charge in [0, 0.05) is 11.4 Å². The van der Waals surface area contributed by atoms with Crippen LogP contribution < -0.4 is 4.72 Å². The maximum absolute atomic E-state index is 12.2. The molecule has 0 radical (unpaired) electrons. The van der Waals surface area contributed by atoms with Crippen LogP contribution in [0.4, 0.5) is 0 Å². The van der Waals surface area contributed by atoms with Crippen LogP contribution in [-0.4, -0.2) is 20.1 Å². The van der Waals surface area contributed by atoms with Gasteiger partial charge >= 0.3 is 0 Å². The third kappa shape index (κ3) is 3.80. The van der Waals surface area contributed by atoms with Crippen LogP contribution in [0.1, 0.15) is 10.4 Å². The van der Waals surface area contributed by atoms with Crippen molar-refractivity contribution in [3.8, 4) is 0 Å². The summed E-state index contributed by atoms with van der Waals surface area (Å²) in [6.45, 7) is 0.0808. The second-order valence-electron chi connectivity index (χ2n) is 4.15. The summed E-state index contributed by atoms with van der Waals surface area (Å²) in [6, 6.07) is 8.33. The van der Waals surface area contributed by atoms with Gasteiger partial charge in [0.2, 0.25) is 10.0 Å². The molecule has 0 aliphatic carbocycles. The Balaban J connectivity index is 2.09. The van der Waals surface area contributed by atoms with Crippen molar-refractivity contribution in [1.82, 2.24) is 4.72 Å². The van der Waals surface area contributed by atoms with E-state index in [1.807, 2.05) is 17.5 Å². The molecule has 0 saturated heterocycles. The summed E-state index contributed by atoms with van der Waals surface area (Å²) in [6.07, 6.45) is 0.633. The summed E-state index contributed by atoms with van der Waals surface area (Å²) in [5.74, 6) is 0. The zero-order valence-electron chi connectivity index (χ0n) is 10.5. The molecule has 0 bridgehead atoms. The van der Waals surface area contributed by atoms with Crippen LogP contribution in [0.2, 0.25) is 5.02 Å². The molecule has 4 nitrogen and oxygen atoms in total. The minimum atomic E-state index is -3.67. The van der Waals surface area contributed by atoms with Gasteiger partial charge in [-0.3, -0.25) is 0 Å². The molecular formula is C13H14ClNO3S2. The highest BCUT2D eigenvalue weighted by Gasteiger charge is 2.18. The van der Waals surface area contributed by atoms with Gasteiger partial charge in [-0.05, 0) is 35.6 Å². The maximum atomic E-state index is 12.2. The van der Waals surface area contributed by atoms with Crippen molar-refractivity contribution in [3.63, 3.8) is 0 Å². The fourth-order valence-electron chi connectivity index (χ4n) is 1.69. The summed E-state index contributed by atoms with van der Waals surface area (Å²) < 4.78 is 26.9. The lowest BCUT2D eigenvalue weighted by atomic mass is 10.2. The minimum Gasteiger partial charge on any atom is -0.392 e. The average molecular weight is 332 g/mol. The molecule has 7 heteroatoms. The smallest absolute Gasteiger partial charge is 0.242 e. The predicted octanol–water partition coefficient (Wildman–Crippen LogP) is 2.41. The lowest BCUT2D eigenvalue weighted by molar-refractivity contribution is 0.281. The summed E-state index contributed by atoms with van der Waals surface area (Å²) in [5, 5.41) is 11.2. The van der Waals surface area contributed by atoms with Gasteiger partial charge in [-0.25, -0.2) is 13.1 Å². The molecule has 0 unspecified atom stereocenters. The van der Waals surface area contributed by atoms with Crippen LogP contribution in [0.15, 0.2) is 40.6 Å². The molecule has 0 saturated carbocycles. The fraction of sp³-hybridized carbons (Fsp3) is 0.231. The number of rotatable bonds is 6. The van der Waals surface area contributed by atoms with Gasteiger partial charge in [0.05, 0.1) is 11.6 Å². The van der Waals surface area contributed by atoms with E-state index in [2.05, 4.69) is 4.72 Å². The monoisotopic (exact) mass is 331 g/mol. The van der Waals surface area contributed by atoms with Gasteiger partial charge in [0.25, 0.3) is 0 Å². The highest BCUT2D eigenvalue weighted by molar-refractivity contribution is 7.89. The largest absolute Gasteiger partial charge is 0.392 e. The van der Waals surface area contributed by atoms with Crippen molar-refractivity contribution in [3.05, 3.63) is 51.2 Å². The van der Waals surface area contributed by atoms with Gasteiger partial charge < -0.3 is 5.11 Å². The molecule has 2 rings (SSSR count). The first-order valence-corrected chi connectivity index (χ1v) is 8.68. The van der Waals surface area contributed by atoms with Crippen molar-refractivity contribution < 1.29 is 13.5 Å². The Morgan fingerprint density at radius 1 is 1.30 bits per heavy atom. The van der Waals surface area contributed by atoms with Crippen molar-refractivity contribution in [2.24, 2.45) is 0 Å². The van der Waals surface area contributed by atoms with Crippen LogP contribution in [0, 0.1) is 0 Å². The molecule has 20 heavy (non-hydrogen) atoms. The molecule has 0 spiro atoms. The van der Waals surface area contributed by atoms with Crippen LogP contribution in [0.5, 0.6) is 0 Å². The Morgan fingerprint density at radius 2 is 2.10 bits per heavy atom. The third-order valence-electron chi connectivity index (χ3n) is 2.71. The quantitative estimate of drug-likeness (QED) is 0.854. The Morgan fingerprint density at radius 3 is 2.75 bits per heavy atom. The van der Waals surface area contributed by atoms with Gasteiger partial charge in [-0.15, -0.1) is 11.3 Å². The van der Waals surface area contributed by atoms with E-state index in [0.717, 1.165) is 4.88 Å². The van der Waals surface area contributed by atoms with E-state index in [0.29, 0.717) is 18.5 Å². The molecule has 108 valence electrons. The molecule has 0 amide bonds. The maximum Gasteiger partial charge on any atom is 0.242 e. The first kappa shape index (κ1) is 15.5. The van der Waals surface area contributed by atoms with E-state index in [4.69, 9.17) is 16.7 Å². The van der Waals surface area contributed by atoms with Gasteiger partial charge in [0.15, 0.2) is 0 Å². The normalized spacial score (nSPS) is 11.7. The number of halogens is 1. The van der Waals surface area contributed by atoms with E-state index < -0.39 is 10.0 Å². The number of aliphatic hydroxyl groups is 1. The molecule has 0 fully saturated rings. The molecule has 2 N–H and O–H groups in total. The Kier molecular flexibility index (Phi) is 5.17. The number of aliphatic hydroxyl groups excluding tert-OH is 1. The van der Waals surface area contributed by atoms with E-state index in [9.17, 15) is 8.42 Å². The molecule has 0 aliphatic rings. The van der Waals surface area contributed by atoms with Crippen LogP contribution in [0.25, 0.3) is 0 Å². The Bertz CT molecular complexity index is 669. The number of sulfonamides is 1. The average Bonchev–Trinajstić information content (AvgIpc) is 2.92. The van der Waals surface area contributed by atoms with Crippen molar-refractivity contribution in [1.29, 1.82) is 0 Å². The van der Waals surface area contributed by atoms with Crippen LogP contribution in [-0.2, 0) is 23.1 Å². The molecule has 0 aliphatic heterocycles. The van der Waals surface area contributed by atoms with Crippen molar-refractivity contribution in [2.45, 2.75) is 17.9 Å². The van der Waals surface area contributed by atoms with Gasteiger partial charge in [-0.1, -0.05) is 23.7 Å².